The Morgan fingerprint density at radius 3 is 3.17 bits per heavy atom. The molecule has 4 rings (SSSR count). The van der Waals surface area contributed by atoms with Crippen LogP contribution in [0.15, 0.2) is 18.2 Å². The molecule has 0 radical (unpaired) electrons. The molecule has 2 aliphatic rings. The Kier molecular flexibility index (Phi) is 1.92. The maximum absolute atomic E-state index is 5.77. The van der Waals surface area contributed by atoms with E-state index in [1.807, 2.05) is 18.2 Å². The molecule has 0 amide bonds. The lowest BCUT2D eigenvalue weighted by Gasteiger charge is -2.31. The Balaban J connectivity index is 1.92. The fraction of sp³-hybridized carbons (Fsp3) is 0.385. The van der Waals surface area contributed by atoms with Gasteiger partial charge in [-0.25, -0.2) is 9.97 Å². The van der Waals surface area contributed by atoms with Crippen LogP contribution in [-0.2, 0) is 0 Å². The zero-order valence-corrected chi connectivity index (χ0v) is 9.97. The summed E-state index contributed by atoms with van der Waals surface area (Å²) < 4.78 is 5.73. The van der Waals surface area contributed by atoms with Crippen LogP contribution < -0.4 is 15.4 Å². The van der Waals surface area contributed by atoms with E-state index >= 15 is 0 Å². The number of nitrogen functional groups attached to an aromatic ring is 1. The third-order valence-electron chi connectivity index (χ3n) is 3.70. The minimum absolute atomic E-state index is 0.470. The molecule has 1 aromatic heterocycles. The highest BCUT2D eigenvalue weighted by Gasteiger charge is 2.33. The smallest absolute Gasteiger partial charge is 0.258 e. The maximum atomic E-state index is 5.77. The van der Waals surface area contributed by atoms with Gasteiger partial charge in [-0.15, -0.1) is 0 Å². The van der Waals surface area contributed by atoms with Crippen LogP contribution in [0.2, 0.25) is 0 Å². The number of rotatable bonds is 0. The van der Waals surface area contributed by atoms with Gasteiger partial charge in [-0.05, 0) is 31.0 Å². The van der Waals surface area contributed by atoms with Crippen molar-refractivity contribution >= 4 is 22.5 Å². The molecule has 1 saturated heterocycles. The molecule has 5 nitrogen and oxygen atoms in total. The number of hydrogen-bond donors (Lipinski definition) is 1. The van der Waals surface area contributed by atoms with Gasteiger partial charge in [0, 0.05) is 12.2 Å². The monoisotopic (exact) mass is 242 g/mol. The molecular formula is C13H14N4O. The summed E-state index contributed by atoms with van der Waals surface area (Å²) in [6.07, 6.45) is 2.38. The van der Waals surface area contributed by atoms with Crippen molar-refractivity contribution in [3.05, 3.63) is 18.2 Å². The van der Waals surface area contributed by atoms with E-state index in [1.165, 1.54) is 12.8 Å². The van der Waals surface area contributed by atoms with Gasteiger partial charge in [0.1, 0.15) is 6.61 Å². The first-order chi connectivity index (χ1) is 8.81. The van der Waals surface area contributed by atoms with Gasteiger partial charge in [0.15, 0.2) is 5.82 Å². The van der Waals surface area contributed by atoms with E-state index in [0.29, 0.717) is 17.6 Å². The van der Waals surface area contributed by atoms with Crippen LogP contribution in [0.25, 0.3) is 11.0 Å². The quantitative estimate of drug-likeness (QED) is 0.710. The zero-order chi connectivity index (χ0) is 12.1. The van der Waals surface area contributed by atoms with Gasteiger partial charge in [0.25, 0.3) is 5.88 Å². The van der Waals surface area contributed by atoms with Crippen molar-refractivity contribution in [1.29, 1.82) is 0 Å². The fourth-order valence-corrected chi connectivity index (χ4v) is 2.79. The number of anilines is 2. The van der Waals surface area contributed by atoms with Crippen molar-refractivity contribution in [2.24, 2.45) is 0 Å². The minimum atomic E-state index is 0.470. The molecule has 2 aliphatic heterocycles. The molecule has 2 N–H and O–H groups in total. The average Bonchev–Trinajstić information content (AvgIpc) is 2.85. The Morgan fingerprint density at radius 1 is 1.28 bits per heavy atom. The van der Waals surface area contributed by atoms with Crippen LogP contribution in [0.5, 0.6) is 5.88 Å². The molecule has 0 spiro atoms. The summed E-state index contributed by atoms with van der Waals surface area (Å²) in [6, 6.07) is 6.08. The largest absolute Gasteiger partial charge is 0.473 e. The van der Waals surface area contributed by atoms with Crippen molar-refractivity contribution in [3.63, 3.8) is 0 Å². The maximum Gasteiger partial charge on any atom is 0.258 e. The molecule has 18 heavy (non-hydrogen) atoms. The van der Waals surface area contributed by atoms with E-state index in [1.54, 1.807) is 0 Å². The lowest BCUT2D eigenvalue weighted by Crippen LogP contribution is -2.39. The van der Waals surface area contributed by atoms with Crippen molar-refractivity contribution in [3.8, 4) is 5.88 Å². The summed E-state index contributed by atoms with van der Waals surface area (Å²) in [6.45, 7) is 1.77. The first kappa shape index (κ1) is 9.94. The van der Waals surface area contributed by atoms with E-state index in [9.17, 15) is 0 Å². The molecule has 1 atom stereocenters. The number of fused-ring (bicyclic) bond motifs is 4. The molecule has 92 valence electrons. The van der Waals surface area contributed by atoms with Crippen molar-refractivity contribution in [2.45, 2.75) is 18.9 Å². The summed E-state index contributed by atoms with van der Waals surface area (Å²) in [7, 11) is 0. The van der Waals surface area contributed by atoms with Crippen molar-refractivity contribution in [1.82, 2.24) is 9.97 Å². The van der Waals surface area contributed by atoms with Crippen molar-refractivity contribution < 1.29 is 4.74 Å². The highest BCUT2D eigenvalue weighted by Crippen LogP contribution is 2.36. The fourth-order valence-electron chi connectivity index (χ4n) is 2.79. The Morgan fingerprint density at radius 2 is 2.22 bits per heavy atom. The normalized spacial score (nSPS) is 21.6. The number of hydrogen-bond acceptors (Lipinski definition) is 5. The van der Waals surface area contributed by atoms with Gasteiger partial charge >= 0.3 is 0 Å². The molecule has 1 fully saturated rings. The summed E-state index contributed by atoms with van der Waals surface area (Å²) in [5.74, 6) is 1.53. The van der Waals surface area contributed by atoms with Crippen molar-refractivity contribution in [2.75, 3.05) is 23.8 Å². The molecule has 2 aromatic rings. The molecule has 5 heteroatoms. The molecule has 1 aromatic carbocycles. The number of ether oxygens (including phenoxy) is 1. The third-order valence-corrected chi connectivity index (χ3v) is 3.70. The first-order valence-electron chi connectivity index (χ1n) is 6.28. The van der Waals surface area contributed by atoms with Crippen LogP contribution >= 0.6 is 0 Å². The zero-order valence-electron chi connectivity index (χ0n) is 9.97. The summed E-state index contributed by atoms with van der Waals surface area (Å²) in [5.41, 5.74) is 8.14. The highest BCUT2D eigenvalue weighted by atomic mass is 16.5. The molecule has 3 heterocycles. The van der Waals surface area contributed by atoms with E-state index < -0.39 is 0 Å². The predicted molar refractivity (Wildman–Crippen MR) is 69.8 cm³/mol. The average molecular weight is 242 g/mol. The van der Waals surface area contributed by atoms with Gasteiger partial charge in [-0.2, -0.15) is 0 Å². The third kappa shape index (κ3) is 1.33. The molecule has 0 aliphatic carbocycles. The molecular weight excluding hydrogens is 228 g/mol. The van der Waals surface area contributed by atoms with Gasteiger partial charge in [-0.3, -0.25) is 0 Å². The highest BCUT2D eigenvalue weighted by molar-refractivity contribution is 5.81. The van der Waals surface area contributed by atoms with Crippen LogP contribution in [0.4, 0.5) is 11.5 Å². The van der Waals surface area contributed by atoms with E-state index in [4.69, 9.17) is 10.5 Å². The minimum Gasteiger partial charge on any atom is -0.473 e. The number of aromatic nitrogens is 2. The summed E-state index contributed by atoms with van der Waals surface area (Å²) in [5, 5.41) is 0. The topological polar surface area (TPSA) is 64.3 Å². The first-order valence-corrected chi connectivity index (χ1v) is 6.28. The summed E-state index contributed by atoms with van der Waals surface area (Å²) in [4.78, 5) is 11.5. The standard InChI is InChI=1S/C13H14N4O/c14-8-3-4-10-11(6-8)16-13-12(15-10)17-5-1-2-9(17)7-18-13/h3-4,6,9H,1-2,5,7,14H2. The molecule has 0 saturated carbocycles. The molecule has 0 bridgehead atoms. The Labute approximate surface area is 105 Å². The SMILES string of the molecule is Nc1ccc2nc3c(nc2c1)OCC1CCCN31. The van der Waals surface area contributed by atoms with Gasteiger partial charge in [-0.1, -0.05) is 0 Å². The van der Waals surface area contributed by atoms with Gasteiger partial charge < -0.3 is 15.4 Å². The number of nitrogens with two attached hydrogens (primary N) is 1. The molecule has 1 unspecified atom stereocenters. The second-order valence-corrected chi connectivity index (χ2v) is 4.90. The second kappa shape index (κ2) is 3.48. The van der Waals surface area contributed by atoms with Crippen LogP contribution in [0.3, 0.4) is 0 Å². The Hall–Kier alpha value is -2.04. The van der Waals surface area contributed by atoms with Crippen LogP contribution in [0, 0.1) is 0 Å². The van der Waals surface area contributed by atoms with Gasteiger partial charge in [0.05, 0.1) is 17.1 Å². The number of nitrogens with zero attached hydrogens (tertiary/aromatic N) is 3. The van der Waals surface area contributed by atoms with E-state index in [2.05, 4.69) is 14.9 Å². The Bertz CT molecular complexity index is 628. The van der Waals surface area contributed by atoms with E-state index in [-0.39, 0.29) is 0 Å². The van der Waals surface area contributed by atoms with Gasteiger partial charge in [0.2, 0.25) is 0 Å². The second-order valence-electron chi connectivity index (χ2n) is 4.90. The van der Waals surface area contributed by atoms with Crippen LogP contribution in [0.1, 0.15) is 12.8 Å². The lowest BCUT2D eigenvalue weighted by molar-refractivity contribution is 0.260. The lowest BCUT2D eigenvalue weighted by atomic mass is 10.2. The van der Waals surface area contributed by atoms with Crippen LogP contribution in [-0.4, -0.2) is 29.2 Å². The predicted octanol–water partition coefficient (Wildman–Crippen LogP) is 1.57. The number of benzene rings is 1. The summed E-state index contributed by atoms with van der Waals surface area (Å²) >= 11 is 0. The van der Waals surface area contributed by atoms with E-state index in [0.717, 1.165) is 30.0 Å².